The third-order valence-electron chi connectivity index (χ3n) is 4.24. The first kappa shape index (κ1) is 16.2. The number of likely N-dealkylation sites (tertiary alicyclic amines) is 1. The zero-order chi connectivity index (χ0) is 17.1. The molecule has 0 bridgehead atoms. The largest absolute Gasteiger partial charge is 0.338 e. The molecule has 3 rings (SSSR count). The fourth-order valence-corrected chi connectivity index (χ4v) is 3.10. The molecule has 1 saturated heterocycles. The van der Waals surface area contributed by atoms with Gasteiger partial charge >= 0.3 is 0 Å². The molecule has 124 valence electrons. The second-order valence-electron chi connectivity index (χ2n) is 6.45. The number of nitrogens with zero attached hydrogens (tertiary/aromatic N) is 1. The molecule has 1 aliphatic heterocycles. The van der Waals surface area contributed by atoms with Gasteiger partial charge in [0.25, 0.3) is 5.91 Å². The quantitative estimate of drug-likeness (QED) is 0.933. The second kappa shape index (κ2) is 6.87. The molecule has 1 heterocycles. The fraction of sp³-hybridized carbons (Fsp3) is 0.300. The average Bonchev–Trinajstić information content (AvgIpc) is 2.92. The van der Waals surface area contributed by atoms with Crippen molar-refractivity contribution in [3.63, 3.8) is 0 Å². The average molecular weight is 322 g/mol. The maximum atomic E-state index is 12.4. The van der Waals surface area contributed by atoms with Gasteiger partial charge in [0.2, 0.25) is 5.91 Å². The van der Waals surface area contributed by atoms with Crippen LogP contribution < -0.4 is 5.32 Å². The first-order valence-corrected chi connectivity index (χ1v) is 8.27. The molecule has 0 aromatic heterocycles. The Hall–Kier alpha value is -2.62. The normalized spacial score (nSPS) is 14.1. The van der Waals surface area contributed by atoms with Gasteiger partial charge in [-0.05, 0) is 61.2 Å². The molecular formula is C20H22N2O2. The molecule has 0 atom stereocenters. The number of hydrogen-bond acceptors (Lipinski definition) is 2. The van der Waals surface area contributed by atoms with Crippen LogP contribution in [0.1, 0.15) is 39.9 Å². The van der Waals surface area contributed by atoms with Crippen LogP contribution in [0.3, 0.4) is 0 Å². The van der Waals surface area contributed by atoms with E-state index in [0.29, 0.717) is 18.5 Å². The molecule has 0 saturated carbocycles. The number of carbonyl (C=O) groups excluding carboxylic acids is 2. The Morgan fingerprint density at radius 3 is 2.33 bits per heavy atom. The molecule has 1 fully saturated rings. The maximum absolute atomic E-state index is 12.4. The summed E-state index contributed by atoms with van der Waals surface area (Å²) in [4.78, 5) is 25.9. The highest BCUT2D eigenvalue weighted by Gasteiger charge is 2.20. The first-order valence-electron chi connectivity index (χ1n) is 8.27. The Morgan fingerprint density at radius 2 is 1.75 bits per heavy atom. The van der Waals surface area contributed by atoms with Crippen molar-refractivity contribution >= 4 is 17.5 Å². The van der Waals surface area contributed by atoms with E-state index in [4.69, 9.17) is 0 Å². The van der Waals surface area contributed by atoms with Crippen molar-refractivity contribution in [2.75, 3.05) is 11.9 Å². The summed E-state index contributed by atoms with van der Waals surface area (Å²) >= 11 is 0. The van der Waals surface area contributed by atoms with Gasteiger partial charge in [-0.1, -0.05) is 18.2 Å². The van der Waals surface area contributed by atoms with Crippen molar-refractivity contribution < 1.29 is 9.59 Å². The van der Waals surface area contributed by atoms with Crippen LogP contribution in [0.4, 0.5) is 5.69 Å². The van der Waals surface area contributed by atoms with E-state index in [0.717, 1.165) is 35.3 Å². The van der Waals surface area contributed by atoms with Crippen LogP contribution in [0, 0.1) is 13.8 Å². The van der Waals surface area contributed by atoms with Gasteiger partial charge in [-0.25, -0.2) is 0 Å². The number of carbonyl (C=O) groups is 2. The highest BCUT2D eigenvalue weighted by Crippen LogP contribution is 2.17. The summed E-state index contributed by atoms with van der Waals surface area (Å²) in [7, 11) is 0. The lowest BCUT2D eigenvalue weighted by Crippen LogP contribution is -2.23. The van der Waals surface area contributed by atoms with Gasteiger partial charge in [0.15, 0.2) is 0 Å². The molecule has 0 radical (unpaired) electrons. The van der Waals surface area contributed by atoms with Crippen molar-refractivity contribution in [2.24, 2.45) is 0 Å². The van der Waals surface area contributed by atoms with E-state index >= 15 is 0 Å². The van der Waals surface area contributed by atoms with Gasteiger partial charge in [-0.15, -0.1) is 0 Å². The minimum Gasteiger partial charge on any atom is -0.338 e. The van der Waals surface area contributed by atoms with Crippen molar-refractivity contribution in [1.82, 2.24) is 4.90 Å². The van der Waals surface area contributed by atoms with E-state index in [1.807, 2.05) is 55.1 Å². The van der Waals surface area contributed by atoms with Gasteiger partial charge in [-0.3, -0.25) is 9.59 Å². The number of amides is 2. The third kappa shape index (κ3) is 3.82. The van der Waals surface area contributed by atoms with Gasteiger partial charge in [-0.2, -0.15) is 0 Å². The Balaban J connectivity index is 1.66. The Labute approximate surface area is 142 Å². The summed E-state index contributed by atoms with van der Waals surface area (Å²) in [5.41, 5.74) is 4.72. The number of rotatable bonds is 4. The van der Waals surface area contributed by atoms with Crippen molar-refractivity contribution in [1.29, 1.82) is 0 Å². The van der Waals surface area contributed by atoms with E-state index in [1.165, 1.54) is 0 Å². The topological polar surface area (TPSA) is 49.4 Å². The highest BCUT2D eigenvalue weighted by molar-refractivity contribution is 6.04. The number of nitrogens with one attached hydrogen (secondary N) is 1. The van der Waals surface area contributed by atoms with Gasteiger partial charge in [0.05, 0.1) is 0 Å². The predicted molar refractivity (Wildman–Crippen MR) is 95.0 cm³/mol. The van der Waals surface area contributed by atoms with E-state index < -0.39 is 0 Å². The molecular weight excluding hydrogens is 300 g/mol. The lowest BCUT2D eigenvalue weighted by Gasteiger charge is -2.15. The lowest BCUT2D eigenvalue weighted by atomic mass is 10.1. The standard InChI is InChI=1S/C20H22N2O2/c1-14-10-15(2)12-18(11-14)21-20(24)17-7-5-16(6-8-17)13-22-9-3-4-19(22)23/h5-8,10-12H,3-4,9,13H2,1-2H3,(H,21,24). The van der Waals surface area contributed by atoms with Crippen molar-refractivity contribution in [3.05, 3.63) is 64.7 Å². The number of anilines is 1. The minimum atomic E-state index is -0.121. The molecule has 0 aliphatic carbocycles. The zero-order valence-electron chi connectivity index (χ0n) is 14.1. The van der Waals surface area contributed by atoms with E-state index in [9.17, 15) is 9.59 Å². The molecule has 24 heavy (non-hydrogen) atoms. The van der Waals surface area contributed by atoms with Crippen LogP contribution in [-0.4, -0.2) is 23.3 Å². The summed E-state index contributed by atoms with van der Waals surface area (Å²) in [6.45, 7) is 5.47. The van der Waals surface area contributed by atoms with Crippen molar-refractivity contribution in [3.8, 4) is 0 Å². The fourth-order valence-electron chi connectivity index (χ4n) is 3.10. The van der Waals surface area contributed by atoms with Crippen LogP contribution in [0.15, 0.2) is 42.5 Å². The summed E-state index contributed by atoms with van der Waals surface area (Å²) in [6, 6.07) is 13.5. The molecule has 2 aromatic carbocycles. The maximum Gasteiger partial charge on any atom is 0.255 e. The number of hydrogen-bond donors (Lipinski definition) is 1. The predicted octanol–water partition coefficient (Wildman–Crippen LogP) is 3.68. The van der Waals surface area contributed by atoms with E-state index in [2.05, 4.69) is 11.4 Å². The van der Waals surface area contributed by atoms with E-state index in [-0.39, 0.29) is 11.8 Å². The van der Waals surface area contributed by atoms with Crippen LogP contribution in [-0.2, 0) is 11.3 Å². The molecule has 0 unspecified atom stereocenters. The Bertz CT molecular complexity index is 745. The minimum absolute atomic E-state index is 0.121. The molecule has 2 aromatic rings. The van der Waals surface area contributed by atoms with Gasteiger partial charge in [0, 0.05) is 30.8 Å². The molecule has 4 nitrogen and oxygen atoms in total. The van der Waals surface area contributed by atoms with Crippen LogP contribution >= 0.6 is 0 Å². The molecule has 0 spiro atoms. The smallest absolute Gasteiger partial charge is 0.255 e. The van der Waals surface area contributed by atoms with Crippen LogP contribution in [0.2, 0.25) is 0 Å². The lowest BCUT2D eigenvalue weighted by molar-refractivity contribution is -0.128. The SMILES string of the molecule is Cc1cc(C)cc(NC(=O)c2ccc(CN3CCCC3=O)cc2)c1. The molecule has 2 amide bonds. The van der Waals surface area contributed by atoms with Crippen LogP contribution in [0.25, 0.3) is 0 Å². The first-order chi connectivity index (χ1) is 11.5. The third-order valence-corrected chi connectivity index (χ3v) is 4.24. The number of aryl methyl sites for hydroxylation is 2. The Morgan fingerprint density at radius 1 is 1.08 bits per heavy atom. The van der Waals surface area contributed by atoms with Gasteiger partial charge in [0.1, 0.15) is 0 Å². The Kier molecular flexibility index (Phi) is 4.65. The number of benzene rings is 2. The zero-order valence-corrected chi connectivity index (χ0v) is 14.1. The molecule has 1 N–H and O–H groups in total. The summed E-state index contributed by atoms with van der Waals surface area (Å²) in [5.74, 6) is 0.0930. The monoisotopic (exact) mass is 322 g/mol. The molecule has 4 heteroatoms. The summed E-state index contributed by atoms with van der Waals surface area (Å²) < 4.78 is 0. The van der Waals surface area contributed by atoms with Crippen LogP contribution in [0.5, 0.6) is 0 Å². The summed E-state index contributed by atoms with van der Waals surface area (Å²) in [6.07, 6.45) is 1.59. The second-order valence-corrected chi connectivity index (χ2v) is 6.45. The molecule has 1 aliphatic rings. The van der Waals surface area contributed by atoms with Gasteiger partial charge < -0.3 is 10.2 Å². The highest BCUT2D eigenvalue weighted by atomic mass is 16.2. The van der Waals surface area contributed by atoms with E-state index in [1.54, 1.807) is 0 Å². The van der Waals surface area contributed by atoms with Crippen molar-refractivity contribution in [2.45, 2.75) is 33.2 Å². The summed E-state index contributed by atoms with van der Waals surface area (Å²) in [5, 5.41) is 2.94.